The number of Topliss-reactive ketones (excluding diaryl/α,β-unsaturated/α-hetero) is 1. The average molecular weight is 362 g/mol. The van der Waals surface area contributed by atoms with E-state index in [9.17, 15) is 14.4 Å². The van der Waals surface area contributed by atoms with Crippen molar-refractivity contribution < 1.29 is 23.9 Å². The van der Waals surface area contributed by atoms with Gasteiger partial charge in [-0.1, -0.05) is 17.6 Å². The normalized spacial score (nSPS) is 32.0. The summed E-state index contributed by atoms with van der Waals surface area (Å²) in [7, 11) is 0. The highest BCUT2D eigenvalue weighted by Crippen LogP contribution is 2.63. The number of carbonyl (C=O) groups excluding carboxylic acids is 3. The van der Waals surface area contributed by atoms with E-state index in [1.165, 1.54) is 11.1 Å². The van der Waals surface area contributed by atoms with Gasteiger partial charge in [-0.05, 0) is 71.1 Å². The molecule has 0 aliphatic heterocycles. The molecule has 0 radical (unpaired) electrons. The number of hydrogen-bond donors (Lipinski definition) is 0. The number of carbonyl (C=O) groups is 3. The monoisotopic (exact) mass is 362 g/mol. The first-order valence-electron chi connectivity index (χ1n) is 9.91. The summed E-state index contributed by atoms with van der Waals surface area (Å²) < 4.78 is 10.7. The van der Waals surface area contributed by atoms with Crippen molar-refractivity contribution in [2.75, 3.05) is 13.2 Å². The summed E-state index contributed by atoms with van der Waals surface area (Å²) in [6.45, 7) is 7.74. The van der Waals surface area contributed by atoms with Crippen molar-refractivity contribution in [3.63, 3.8) is 0 Å². The SMILES string of the molecule is CCOC(=O)C1(C(=O)OCC)CC2=C(C)C[C@@H](C(C)=O)[C@H]3CCC[C@@H]1[C@@H]23. The molecule has 26 heavy (non-hydrogen) atoms. The summed E-state index contributed by atoms with van der Waals surface area (Å²) in [5.41, 5.74) is 1.14. The third kappa shape index (κ3) is 2.71. The van der Waals surface area contributed by atoms with Crippen LogP contribution in [0.4, 0.5) is 0 Å². The molecular formula is C21H30O5. The van der Waals surface area contributed by atoms with Crippen LogP contribution in [0, 0.1) is 29.1 Å². The number of ether oxygens (including phenoxy) is 2. The van der Waals surface area contributed by atoms with Crippen molar-refractivity contribution in [1.29, 1.82) is 0 Å². The van der Waals surface area contributed by atoms with Crippen molar-refractivity contribution in [2.45, 2.75) is 59.8 Å². The van der Waals surface area contributed by atoms with Crippen LogP contribution >= 0.6 is 0 Å². The molecule has 144 valence electrons. The number of hydrogen-bond acceptors (Lipinski definition) is 5. The molecule has 3 aliphatic carbocycles. The van der Waals surface area contributed by atoms with Crippen molar-refractivity contribution in [3.05, 3.63) is 11.1 Å². The maximum absolute atomic E-state index is 13.0. The minimum absolute atomic E-state index is 0.00624. The van der Waals surface area contributed by atoms with Crippen LogP contribution in [0.15, 0.2) is 11.1 Å². The van der Waals surface area contributed by atoms with Gasteiger partial charge in [-0.2, -0.15) is 0 Å². The third-order valence-electron chi connectivity index (χ3n) is 6.84. The molecular weight excluding hydrogens is 332 g/mol. The zero-order chi connectivity index (χ0) is 19.1. The van der Waals surface area contributed by atoms with Gasteiger partial charge in [0.1, 0.15) is 5.78 Å². The van der Waals surface area contributed by atoms with E-state index in [1.54, 1.807) is 20.8 Å². The second-order valence-corrected chi connectivity index (χ2v) is 8.04. The van der Waals surface area contributed by atoms with Crippen LogP contribution in [-0.2, 0) is 23.9 Å². The van der Waals surface area contributed by atoms with Crippen LogP contribution < -0.4 is 0 Å². The van der Waals surface area contributed by atoms with Crippen molar-refractivity contribution in [3.8, 4) is 0 Å². The predicted molar refractivity (Wildman–Crippen MR) is 96.1 cm³/mol. The topological polar surface area (TPSA) is 69.7 Å². The molecule has 0 spiro atoms. The Morgan fingerprint density at radius 3 is 2.23 bits per heavy atom. The lowest BCUT2D eigenvalue weighted by Crippen LogP contribution is -2.48. The molecule has 5 heteroatoms. The first-order chi connectivity index (χ1) is 12.4. The number of rotatable bonds is 5. The minimum Gasteiger partial charge on any atom is -0.465 e. The van der Waals surface area contributed by atoms with Crippen LogP contribution in [0.25, 0.3) is 0 Å². The first kappa shape index (κ1) is 19.1. The molecule has 0 aromatic carbocycles. The number of ketones is 1. The van der Waals surface area contributed by atoms with E-state index >= 15 is 0 Å². The zero-order valence-electron chi connectivity index (χ0n) is 16.3. The summed E-state index contributed by atoms with van der Waals surface area (Å²) in [6.07, 6.45) is 3.87. The molecule has 3 aliphatic rings. The number of esters is 2. The van der Waals surface area contributed by atoms with Gasteiger partial charge in [-0.25, -0.2) is 0 Å². The van der Waals surface area contributed by atoms with Crippen LogP contribution in [0.3, 0.4) is 0 Å². The molecule has 0 N–H and O–H groups in total. The lowest BCUT2D eigenvalue weighted by atomic mass is 9.59. The van der Waals surface area contributed by atoms with Crippen LogP contribution in [0.5, 0.6) is 0 Å². The molecule has 0 aromatic heterocycles. The van der Waals surface area contributed by atoms with Gasteiger partial charge in [-0.15, -0.1) is 0 Å². The highest BCUT2D eigenvalue weighted by atomic mass is 16.6. The van der Waals surface area contributed by atoms with Gasteiger partial charge >= 0.3 is 11.9 Å². The van der Waals surface area contributed by atoms with E-state index < -0.39 is 17.4 Å². The molecule has 2 saturated carbocycles. The standard InChI is InChI=1S/C21H30O5/c1-5-25-19(23)21(20(24)26-6-2)11-16-12(3)10-15(13(4)22)14-8-7-9-17(21)18(14)16/h14-15,17-18H,5-11H2,1-4H3/t14-,15+,17-,18-/m1/s1. The van der Waals surface area contributed by atoms with E-state index in [1.807, 2.05) is 0 Å². The highest BCUT2D eigenvalue weighted by molar-refractivity contribution is 6.01. The fraction of sp³-hybridized carbons (Fsp3) is 0.762. The summed E-state index contributed by atoms with van der Waals surface area (Å²) >= 11 is 0. The number of allylic oxidation sites excluding steroid dienone is 2. The highest BCUT2D eigenvalue weighted by Gasteiger charge is 2.66. The quantitative estimate of drug-likeness (QED) is 0.425. The zero-order valence-corrected chi connectivity index (χ0v) is 16.3. The van der Waals surface area contributed by atoms with Crippen molar-refractivity contribution in [2.24, 2.45) is 29.1 Å². The third-order valence-corrected chi connectivity index (χ3v) is 6.84. The van der Waals surface area contributed by atoms with Gasteiger partial charge in [0, 0.05) is 5.92 Å². The Hall–Kier alpha value is -1.65. The van der Waals surface area contributed by atoms with Crippen molar-refractivity contribution >= 4 is 17.7 Å². The lowest BCUT2D eigenvalue weighted by Gasteiger charge is -2.44. The molecule has 5 nitrogen and oxygen atoms in total. The van der Waals surface area contributed by atoms with Crippen LogP contribution in [0.1, 0.15) is 59.8 Å². The minimum atomic E-state index is -1.24. The Bertz CT molecular complexity index is 629. The smallest absolute Gasteiger partial charge is 0.324 e. The first-order valence-corrected chi connectivity index (χ1v) is 9.91. The summed E-state index contributed by atoms with van der Waals surface area (Å²) in [4.78, 5) is 38.3. The van der Waals surface area contributed by atoms with Gasteiger partial charge in [0.25, 0.3) is 0 Å². The Balaban J connectivity index is 2.10. The van der Waals surface area contributed by atoms with Gasteiger partial charge in [0.15, 0.2) is 5.41 Å². The van der Waals surface area contributed by atoms with Crippen LogP contribution in [-0.4, -0.2) is 30.9 Å². The molecule has 0 heterocycles. The van der Waals surface area contributed by atoms with Crippen LogP contribution in [0.2, 0.25) is 0 Å². The van der Waals surface area contributed by atoms with Gasteiger partial charge in [0.2, 0.25) is 0 Å². The van der Waals surface area contributed by atoms with Crippen molar-refractivity contribution in [1.82, 2.24) is 0 Å². The van der Waals surface area contributed by atoms with E-state index in [2.05, 4.69) is 6.92 Å². The fourth-order valence-electron chi connectivity index (χ4n) is 5.83. The van der Waals surface area contributed by atoms with Gasteiger partial charge in [0.05, 0.1) is 13.2 Å². The molecule has 2 fully saturated rings. The Kier molecular flexibility index (Phi) is 5.27. The Morgan fingerprint density at radius 2 is 1.69 bits per heavy atom. The largest absolute Gasteiger partial charge is 0.465 e. The summed E-state index contributed by atoms with van der Waals surface area (Å²) in [5, 5.41) is 0. The molecule has 0 bridgehead atoms. The molecule has 0 unspecified atom stereocenters. The second kappa shape index (κ2) is 7.16. The molecule has 4 atom stereocenters. The average Bonchev–Trinajstić information content (AvgIpc) is 2.96. The maximum Gasteiger partial charge on any atom is 0.324 e. The Morgan fingerprint density at radius 1 is 1.08 bits per heavy atom. The molecule has 0 aromatic rings. The predicted octanol–water partition coefficient (Wildman–Crippen LogP) is 3.46. The van der Waals surface area contributed by atoms with Gasteiger partial charge < -0.3 is 9.47 Å². The lowest BCUT2D eigenvalue weighted by molar-refractivity contribution is -0.177. The van der Waals surface area contributed by atoms with E-state index in [-0.39, 0.29) is 42.7 Å². The van der Waals surface area contributed by atoms with Gasteiger partial charge in [-0.3, -0.25) is 14.4 Å². The summed E-state index contributed by atoms with van der Waals surface area (Å²) in [6, 6.07) is 0. The molecule has 0 amide bonds. The fourth-order valence-corrected chi connectivity index (χ4v) is 5.83. The van der Waals surface area contributed by atoms with E-state index in [4.69, 9.17) is 9.47 Å². The Labute approximate surface area is 155 Å². The summed E-state index contributed by atoms with van der Waals surface area (Å²) in [5.74, 6) is -0.427. The molecule has 3 rings (SSSR count). The van der Waals surface area contributed by atoms with E-state index in [0.717, 1.165) is 25.7 Å². The second-order valence-electron chi connectivity index (χ2n) is 8.04. The van der Waals surface area contributed by atoms with E-state index in [0.29, 0.717) is 6.42 Å². The molecule has 0 saturated heterocycles. The maximum atomic E-state index is 13.0.